The summed E-state index contributed by atoms with van der Waals surface area (Å²) in [6.45, 7) is 4.54. The Balaban J connectivity index is 1.38. The van der Waals surface area contributed by atoms with Gasteiger partial charge in [0.2, 0.25) is 5.91 Å². The van der Waals surface area contributed by atoms with E-state index in [2.05, 4.69) is 34.5 Å². The van der Waals surface area contributed by atoms with Crippen LogP contribution in [0, 0.1) is 5.92 Å². The number of amides is 1. The summed E-state index contributed by atoms with van der Waals surface area (Å²) in [5, 5.41) is 3.03. The third-order valence-electron chi connectivity index (χ3n) is 4.22. The molecule has 1 saturated carbocycles. The van der Waals surface area contributed by atoms with E-state index in [9.17, 15) is 4.79 Å². The highest BCUT2D eigenvalue weighted by atomic mass is 16.5. The number of morpholine rings is 1. The van der Waals surface area contributed by atoms with Crippen molar-refractivity contribution in [1.29, 1.82) is 0 Å². The molecule has 1 saturated heterocycles. The molecular weight excluding hydrogens is 264 g/mol. The van der Waals surface area contributed by atoms with E-state index in [0.717, 1.165) is 52.0 Å². The van der Waals surface area contributed by atoms with Crippen LogP contribution in [0.3, 0.4) is 0 Å². The van der Waals surface area contributed by atoms with Crippen molar-refractivity contribution < 1.29 is 9.53 Å². The van der Waals surface area contributed by atoms with Crippen LogP contribution in [-0.2, 0) is 9.53 Å². The van der Waals surface area contributed by atoms with E-state index in [-0.39, 0.29) is 12.0 Å². The van der Waals surface area contributed by atoms with Crippen LogP contribution in [0.15, 0.2) is 30.3 Å². The van der Waals surface area contributed by atoms with Crippen LogP contribution in [-0.4, -0.2) is 43.6 Å². The Morgan fingerprint density at radius 1 is 1.29 bits per heavy atom. The molecule has 0 aromatic heterocycles. The Morgan fingerprint density at radius 2 is 2.10 bits per heavy atom. The average molecular weight is 288 g/mol. The third-order valence-corrected chi connectivity index (χ3v) is 4.22. The second-order valence-corrected chi connectivity index (χ2v) is 5.99. The average Bonchev–Trinajstić information content (AvgIpc) is 3.37. The minimum atomic E-state index is 0.181. The Hall–Kier alpha value is -1.39. The molecule has 1 aromatic rings. The molecule has 114 valence electrons. The first-order chi connectivity index (χ1) is 10.3. The maximum atomic E-state index is 11.5. The van der Waals surface area contributed by atoms with E-state index in [4.69, 9.17) is 4.74 Å². The number of ether oxygens (including phenoxy) is 1. The van der Waals surface area contributed by atoms with Crippen LogP contribution in [0.2, 0.25) is 0 Å². The van der Waals surface area contributed by atoms with Gasteiger partial charge in [-0.3, -0.25) is 9.69 Å². The zero-order valence-corrected chi connectivity index (χ0v) is 12.5. The molecular formula is C17H24N2O2. The van der Waals surface area contributed by atoms with Gasteiger partial charge in [-0.2, -0.15) is 0 Å². The molecule has 1 unspecified atom stereocenters. The molecule has 1 aliphatic heterocycles. The zero-order chi connectivity index (χ0) is 14.5. The van der Waals surface area contributed by atoms with Gasteiger partial charge in [-0.15, -0.1) is 0 Å². The molecule has 21 heavy (non-hydrogen) atoms. The van der Waals surface area contributed by atoms with Crippen molar-refractivity contribution >= 4 is 5.91 Å². The number of rotatable bonds is 6. The molecule has 0 radical (unpaired) electrons. The second kappa shape index (κ2) is 7.05. The van der Waals surface area contributed by atoms with Gasteiger partial charge in [0, 0.05) is 32.1 Å². The van der Waals surface area contributed by atoms with Crippen molar-refractivity contribution in [2.24, 2.45) is 5.92 Å². The van der Waals surface area contributed by atoms with E-state index < -0.39 is 0 Å². The lowest BCUT2D eigenvalue weighted by atomic mass is 10.1. The number of benzene rings is 1. The predicted octanol–water partition coefficient (Wildman–Crippen LogP) is 1.98. The fraction of sp³-hybridized carbons (Fsp3) is 0.588. The maximum Gasteiger partial charge on any atom is 0.223 e. The van der Waals surface area contributed by atoms with Gasteiger partial charge >= 0.3 is 0 Å². The van der Waals surface area contributed by atoms with Crippen LogP contribution in [0.4, 0.5) is 0 Å². The zero-order valence-electron chi connectivity index (χ0n) is 12.5. The molecule has 1 N–H and O–H groups in total. The van der Waals surface area contributed by atoms with Crippen molar-refractivity contribution in [2.45, 2.75) is 25.4 Å². The largest absolute Gasteiger partial charge is 0.371 e. The summed E-state index contributed by atoms with van der Waals surface area (Å²) >= 11 is 0. The van der Waals surface area contributed by atoms with Crippen molar-refractivity contribution in [1.82, 2.24) is 10.2 Å². The molecule has 0 spiro atoms. The Bertz CT molecular complexity index is 459. The minimum absolute atomic E-state index is 0.181. The Kier molecular flexibility index (Phi) is 4.88. The molecule has 2 fully saturated rings. The molecule has 4 nitrogen and oxygen atoms in total. The SMILES string of the molecule is O=C(NCCCN1CCOC(c2ccccc2)C1)C1CC1. The maximum absolute atomic E-state index is 11.5. The van der Waals surface area contributed by atoms with Crippen LogP contribution >= 0.6 is 0 Å². The van der Waals surface area contributed by atoms with Gasteiger partial charge in [0.15, 0.2) is 0 Å². The van der Waals surface area contributed by atoms with Crippen LogP contribution < -0.4 is 5.32 Å². The quantitative estimate of drug-likeness (QED) is 0.814. The number of hydrogen-bond acceptors (Lipinski definition) is 3. The molecule has 3 rings (SSSR count). The monoisotopic (exact) mass is 288 g/mol. The standard InChI is InChI=1S/C17H24N2O2/c20-17(15-7-8-15)18-9-4-10-19-11-12-21-16(13-19)14-5-2-1-3-6-14/h1-3,5-6,15-16H,4,7-13H2,(H,18,20). The van der Waals surface area contributed by atoms with Gasteiger partial charge in [-0.1, -0.05) is 30.3 Å². The fourth-order valence-corrected chi connectivity index (χ4v) is 2.78. The van der Waals surface area contributed by atoms with Gasteiger partial charge in [-0.05, 0) is 24.8 Å². The number of nitrogens with zero attached hydrogens (tertiary/aromatic N) is 1. The highest BCUT2D eigenvalue weighted by Crippen LogP contribution is 2.28. The topological polar surface area (TPSA) is 41.6 Å². The van der Waals surface area contributed by atoms with Crippen molar-refractivity contribution in [3.8, 4) is 0 Å². The highest BCUT2D eigenvalue weighted by Gasteiger charge is 2.29. The van der Waals surface area contributed by atoms with Crippen LogP contribution in [0.5, 0.6) is 0 Å². The van der Waals surface area contributed by atoms with Gasteiger partial charge in [0.25, 0.3) is 0 Å². The molecule has 2 aliphatic rings. The Morgan fingerprint density at radius 3 is 2.86 bits per heavy atom. The lowest BCUT2D eigenvalue weighted by Gasteiger charge is -2.33. The molecule has 1 amide bonds. The predicted molar refractivity (Wildman–Crippen MR) is 81.9 cm³/mol. The lowest BCUT2D eigenvalue weighted by Crippen LogP contribution is -2.40. The van der Waals surface area contributed by atoms with Gasteiger partial charge < -0.3 is 10.1 Å². The van der Waals surface area contributed by atoms with E-state index in [1.165, 1.54) is 5.56 Å². The number of carbonyl (C=O) groups excluding carboxylic acids is 1. The minimum Gasteiger partial charge on any atom is -0.371 e. The smallest absolute Gasteiger partial charge is 0.223 e. The van der Waals surface area contributed by atoms with E-state index >= 15 is 0 Å². The summed E-state index contributed by atoms with van der Waals surface area (Å²) in [7, 11) is 0. The normalized spacial score (nSPS) is 23.0. The summed E-state index contributed by atoms with van der Waals surface area (Å²) in [4.78, 5) is 14.0. The van der Waals surface area contributed by atoms with Crippen molar-refractivity contribution in [3.05, 3.63) is 35.9 Å². The van der Waals surface area contributed by atoms with Crippen molar-refractivity contribution in [2.75, 3.05) is 32.8 Å². The van der Waals surface area contributed by atoms with E-state index in [0.29, 0.717) is 5.92 Å². The van der Waals surface area contributed by atoms with E-state index in [1.54, 1.807) is 0 Å². The highest BCUT2D eigenvalue weighted by molar-refractivity contribution is 5.80. The Labute approximate surface area is 126 Å². The molecule has 1 heterocycles. The summed E-state index contributed by atoms with van der Waals surface area (Å²) in [5.41, 5.74) is 1.25. The van der Waals surface area contributed by atoms with Crippen LogP contribution in [0.1, 0.15) is 30.9 Å². The number of carbonyl (C=O) groups is 1. The first-order valence-electron chi connectivity index (χ1n) is 7.99. The lowest BCUT2D eigenvalue weighted by molar-refractivity contribution is -0.122. The van der Waals surface area contributed by atoms with Gasteiger partial charge in [0.05, 0.1) is 12.7 Å². The first kappa shape index (κ1) is 14.5. The first-order valence-corrected chi connectivity index (χ1v) is 7.99. The van der Waals surface area contributed by atoms with Gasteiger partial charge in [-0.25, -0.2) is 0 Å². The summed E-state index contributed by atoms with van der Waals surface area (Å²) < 4.78 is 5.87. The van der Waals surface area contributed by atoms with Gasteiger partial charge in [0.1, 0.15) is 0 Å². The van der Waals surface area contributed by atoms with Crippen LogP contribution in [0.25, 0.3) is 0 Å². The molecule has 1 aromatic carbocycles. The number of hydrogen-bond donors (Lipinski definition) is 1. The summed E-state index contributed by atoms with van der Waals surface area (Å²) in [6.07, 6.45) is 3.35. The fourth-order valence-electron chi connectivity index (χ4n) is 2.78. The third kappa shape index (κ3) is 4.29. The molecule has 0 bridgehead atoms. The van der Waals surface area contributed by atoms with E-state index in [1.807, 2.05) is 6.07 Å². The second-order valence-electron chi connectivity index (χ2n) is 5.99. The summed E-state index contributed by atoms with van der Waals surface area (Å²) in [5.74, 6) is 0.565. The molecule has 1 aliphatic carbocycles. The molecule has 1 atom stereocenters. The number of nitrogens with one attached hydrogen (secondary N) is 1. The van der Waals surface area contributed by atoms with Crippen molar-refractivity contribution in [3.63, 3.8) is 0 Å². The summed E-state index contributed by atoms with van der Waals surface area (Å²) in [6, 6.07) is 10.4. The molecule has 4 heteroatoms.